The second-order valence-corrected chi connectivity index (χ2v) is 6.13. The first-order valence-corrected chi connectivity index (χ1v) is 7.60. The first-order chi connectivity index (χ1) is 10.9. The third kappa shape index (κ3) is 3.19. The van der Waals surface area contributed by atoms with Gasteiger partial charge in [0, 0.05) is 0 Å². The lowest BCUT2D eigenvalue weighted by Crippen LogP contribution is -2.20. The van der Waals surface area contributed by atoms with Gasteiger partial charge >= 0.3 is 5.82 Å². The number of benzene rings is 1. The van der Waals surface area contributed by atoms with Crippen molar-refractivity contribution in [3.63, 3.8) is 0 Å². The molecule has 1 aromatic carbocycles. The number of nitrogens with one attached hydrogen (secondary N) is 1. The van der Waals surface area contributed by atoms with Crippen molar-refractivity contribution >= 4 is 38.4 Å². The predicted molar refractivity (Wildman–Crippen MR) is 86.6 cm³/mol. The van der Waals surface area contributed by atoms with Crippen molar-refractivity contribution < 1.29 is 9.72 Å². The molecule has 1 N–H and O–H groups in total. The van der Waals surface area contributed by atoms with Crippen LogP contribution in [0.15, 0.2) is 24.3 Å². The highest BCUT2D eigenvalue weighted by Crippen LogP contribution is 2.26. The molecular formula is C14H13N5O3S. The number of aromatic nitrogens is 3. The molecule has 0 atom stereocenters. The molecule has 118 valence electrons. The number of thiazole rings is 1. The van der Waals surface area contributed by atoms with E-state index in [9.17, 15) is 14.9 Å². The van der Waals surface area contributed by atoms with Crippen LogP contribution >= 0.6 is 11.3 Å². The predicted octanol–water partition coefficient (Wildman–Crippen LogP) is 2.66. The molecule has 2 heterocycles. The number of rotatable bonds is 4. The molecule has 0 radical (unpaired) electrons. The molecule has 0 aliphatic heterocycles. The summed E-state index contributed by atoms with van der Waals surface area (Å²) in [5.41, 5.74) is 2.40. The van der Waals surface area contributed by atoms with E-state index in [4.69, 9.17) is 0 Å². The smallest absolute Gasteiger partial charge is 0.345 e. The van der Waals surface area contributed by atoms with Crippen LogP contribution in [0.2, 0.25) is 0 Å². The Morgan fingerprint density at radius 2 is 2.17 bits per heavy atom. The SMILES string of the molecule is Cc1ccc2nc(NC(=O)Cn3nc(C)cc3[N+](=O)[O-])sc2c1. The zero-order valence-corrected chi connectivity index (χ0v) is 13.3. The van der Waals surface area contributed by atoms with Gasteiger partial charge in [0.25, 0.3) is 5.91 Å². The second-order valence-electron chi connectivity index (χ2n) is 5.10. The molecule has 0 saturated carbocycles. The molecule has 0 aliphatic carbocycles. The minimum atomic E-state index is -0.562. The summed E-state index contributed by atoms with van der Waals surface area (Å²) in [5, 5.41) is 18.0. The second kappa shape index (κ2) is 5.76. The Bertz CT molecular complexity index is 914. The Kier molecular flexibility index (Phi) is 3.78. The molecule has 23 heavy (non-hydrogen) atoms. The van der Waals surface area contributed by atoms with Crippen molar-refractivity contribution in [2.24, 2.45) is 0 Å². The van der Waals surface area contributed by atoms with Gasteiger partial charge in [0.15, 0.2) is 11.7 Å². The van der Waals surface area contributed by atoms with Crippen molar-refractivity contribution in [3.05, 3.63) is 45.6 Å². The van der Waals surface area contributed by atoms with Gasteiger partial charge < -0.3 is 10.1 Å². The number of aryl methyl sites for hydroxylation is 2. The molecule has 8 nitrogen and oxygen atoms in total. The Morgan fingerprint density at radius 3 is 2.91 bits per heavy atom. The molecule has 1 amide bonds. The van der Waals surface area contributed by atoms with Crippen molar-refractivity contribution in [1.82, 2.24) is 14.8 Å². The van der Waals surface area contributed by atoms with Gasteiger partial charge in [-0.25, -0.2) is 4.98 Å². The standard InChI is InChI=1S/C14H13N5O3S/c1-8-3-4-10-11(5-8)23-14(15-10)16-12(20)7-18-13(19(21)22)6-9(2)17-18/h3-6H,7H2,1-2H3,(H,15,16,20). The Labute approximate surface area is 134 Å². The van der Waals surface area contributed by atoms with Gasteiger partial charge in [-0.05, 0) is 36.5 Å². The fourth-order valence-corrected chi connectivity index (χ4v) is 3.16. The van der Waals surface area contributed by atoms with Gasteiger partial charge in [-0.1, -0.05) is 22.5 Å². The fraction of sp³-hybridized carbons (Fsp3) is 0.214. The van der Waals surface area contributed by atoms with Crippen LogP contribution in [0, 0.1) is 24.0 Å². The lowest BCUT2D eigenvalue weighted by Gasteiger charge is -2.00. The summed E-state index contributed by atoms with van der Waals surface area (Å²) in [6.45, 7) is 3.38. The molecular weight excluding hydrogens is 318 g/mol. The van der Waals surface area contributed by atoms with E-state index in [1.165, 1.54) is 17.4 Å². The molecule has 9 heteroatoms. The van der Waals surface area contributed by atoms with E-state index in [0.29, 0.717) is 10.8 Å². The number of nitro groups is 1. The van der Waals surface area contributed by atoms with Gasteiger partial charge in [-0.3, -0.25) is 10.1 Å². The Morgan fingerprint density at radius 1 is 1.39 bits per heavy atom. The Balaban J connectivity index is 1.77. The van der Waals surface area contributed by atoms with Crippen molar-refractivity contribution in [2.75, 3.05) is 5.32 Å². The van der Waals surface area contributed by atoms with Crippen molar-refractivity contribution in [2.45, 2.75) is 20.4 Å². The molecule has 0 spiro atoms. The highest BCUT2D eigenvalue weighted by molar-refractivity contribution is 7.22. The fourth-order valence-electron chi connectivity index (χ4n) is 2.18. The zero-order chi connectivity index (χ0) is 16.6. The van der Waals surface area contributed by atoms with Crippen LogP contribution in [-0.2, 0) is 11.3 Å². The lowest BCUT2D eigenvalue weighted by atomic mass is 10.2. The number of nitrogens with zero attached hydrogens (tertiary/aromatic N) is 4. The Hall–Kier alpha value is -2.81. The third-order valence-electron chi connectivity index (χ3n) is 3.15. The molecule has 3 rings (SSSR count). The monoisotopic (exact) mass is 331 g/mol. The van der Waals surface area contributed by atoms with Crippen LogP contribution < -0.4 is 5.32 Å². The lowest BCUT2D eigenvalue weighted by molar-refractivity contribution is -0.392. The van der Waals surface area contributed by atoms with E-state index >= 15 is 0 Å². The largest absolute Gasteiger partial charge is 0.358 e. The molecule has 0 bridgehead atoms. The van der Waals surface area contributed by atoms with Gasteiger partial charge in [0.1, 0.15) is 0 Å². The highest BCUT2D eigenvalue weighted by Gasteiger charge is 2.20. The number of carbonyl (C=O) groups excluding carboxylic acids is 1. The van der Waals surface area contributed by atoms with Crippen LogP contribution in [0.25, 0.3) is 10.2 Å². The average molecular weight is 331 g/mol. The molecule has 0 aliphatic rings. The normalized spacial score (nSPS) is 10.9. The number of hydrogen-bond acceptors (Lipinski definition) is 6. The third-order valence-corrected chi connectivity index (χ3v) is 4.09. The van der Waals surface area contributed by atoms with E-state index in [1.54, 1.807) is 6.92 Å². The van der Waals surface area contributed by atoms with Gasteiger partial charge in [0.05, 0.1) is 22.0 Å². The maximum Gasteiger partial charge on any atom is 0.345 e. The number of carbonyl (C=O) groups is 1. The van der Waals surface area contributed by atoms with E-state index in [1.807, 2.05) is 25.1 Å². The summed E-state index contributed by atoms with van der Waals surface area (Å²) in [7, 11) is 0. The van der Waals surface area contributed by atoms with Gasteiger partial charge in [0.2, 0.25) is 0 Å². The molecule has 0 saturated heterocycles. The van der Waals surface area contributed by atoms with Gasteiger partial charge in [-0.15, -0.1) is 4.68 Å². The number of anilines is 1. The summed E-state index contributed by atoms with van der Waals surface area (Å²) < 4.78 is 2.04. The molecule has 3 aromatic rings. The first kappa shape index (κ1) is 15.1. The summed E-state index contributed by atoms with van der Waals surface area (Å²) >= 11 is 1.36. The van der Waals surface area contributed by atoms with Crippen molar-refractivity contribution in [1.29, 1.82) is 0 Å². The summed E-state index contributed by atoms with van der Waals surface area (Å²) in [6, 6.07) is 7.15. The maximum atomic E-state index is 12.1. The van der Waals surface area contributed by atoms with Crippen LogP contribution in [0.1, 0.15) is 11.3 Å². The number of amides is 1. The van der Waals surface area contributed by atoms with Crippen LogP contribution in [-0.4, -0.2) is 25.6 Å². The first-order valence-electron chi connectivity index (χ1n) is 6.78. The summed E-state index contributed by atoms with van der Waals surface area (Å²) in [5.74, 6) is -0.621. The number of hydrogen-bond donors (Lipinski definition) is 1. The maximum absolute atomic E-state index is 12.1. The minimum Gasteiger partial charge on any atom is -0.358 e. The molecule has 0 fully saturated rings. The molecule has 0 unspecified atom stereocenters. The van der Waals surface area contributed by atoms with Crippen LogP contribution in [0.5, 0.6) is 0 Å². The summed E-state index contributed by atoms with van der Waals surface area (Å²) in [4.78, 5) is 26.8. The average Bonchev–Trinajstić information content (AvgIpc) is 3.01. The van der Waals surface area contributed by atoms with E-state index < -0.39 is 10.8 Å². The van der Waals surface area contributed by atoms with Gasteiger partial charge in [-0.2, -0.15) is 0 Å². The van der Waals surface area contributed by atoms with E-state index in [0.717, 1.165) is 20.5 Å². The van der Waals surface area contributed by atoms with Crippen LogP contribution in [0.4, 0.5) is 10.9 Å². The zero-order valence-electron chi connectivity index (χ0n) is 12.4. The summed E-state index contributed by atoms with van der Waals surface area (Å²) in [6.07, 6.45) is 0. The van der Waals surface area contributed by atoms with Crippen molar-refractivity contribution in [3.8, 4) is 0 Å². The van der Waals surface area contributed by atoms with Crippen LogP contribution in [0.3, 0.4) is 0 Å². The quantitative estimate of drug-likeness (QED) is 0.585. The number of fused-ring (bicyclic) bond motifs is 1. The minimum absolute atomic E-state index is 0.211. The highest BCUT2D eigenvalue weighted by atomic mass is 32.1. The van der Waals surface area contributed by atoms with E-state index in [2.05, 4.69) is 15.4 Å². The van der Waals surface area contributed by atoms with E-state index in [-0.39, 0.29) is 12.4 Å². The topological polar surface area (TPSA) is 103 Å². The molecule has 2 aromatic heterocycles.